The van der Waals surface area contributed by atoms with Gasteiger partial charge in [-0.2, -0.15) is 11.8 Å². The Kier molecular flexibility index (Phi) is 5.29. The summed E-state index contributed by atoms with van der Waals surface area (Å²) in [5.41, 5.74) is -0.501. The van der Waals surface area contributed by atoms with Crippen molar-refractivity contribution in [3.8, 4) is 0 Å². The zero-order chi connectivity index (χ0) is 14.6. The number of non-ortho nitro benzene ring substituents is 1. The third-order valence-electron chi connectivity index (χ3n) is 2.65. The second kappa shape index (κ2) is 6.51. The Morgan fingerprint density at radius 1 is 1.58 bits per heavy atom. The second-order valence-electron chi connectivity index (χ2n) is 4.14. The van der Waals surface area contributed by atoms with Gasteiger partial charge in [-0.05, 0) is 18.7 Å². The fourth-order valence-electron chi connectivity index (χ4n) is 1.44. The smallest absolute Gasteiger partial charge is 0.270 e. The van der Waals surface area contributed by atoms with Crippen LogP contribution in [-0.2, 0) is 0 Å². The molecule has 0 aliphatic heterocycles. The van der Waals surface area contributed by atoms with Crippen LogP contribution in [0, 0.1) is 22.9 Å². The van der Waals surface area contributed by atoms with Crippen molar-refractivity contribution in [2.24, 2.45) is 0 Å². The van der Waals surface area contributed by atoms with Crippen LogP contribution in [0.25, 0.3) is 0 Å². The summed E-state index contributed by atoms with van der Waals surface area (Å²) in [7, 11) is 0. The molecule has 0 aliphatic rings. The topological polar surface area (TPSA) is 72.2 Å². The van der Waals surface area contributed by atoms with Gasteiger partial charge in [-0.1, -0.05) is 6.92 Å². The minimum absolute atomic E-state index is 0.0808. The Morgan fingerprint density at radius 2 is 2.21 bits per heavy atom. The van der Waals surface area contributed by atoms with E-state index in [-0.39, 0.29) is 22.1 Å². The fourth-order valence-corrected chi connectivity index (χ4v) is 1.69. The maximum Gasteiger partial charge on any atom is 0.270 e. The van der Waals surface area contributed by atoms with Gasteiger partial charge in [0.1, 0.15) is 5.82 Å². The van der Waals surface area contributed by atoms with Crippen molar-refractivity contribution in [3.63, 3.8) is 0 Å². The van der Waals surface area contributed by atoms with Crippen molar-refractivity contribution in [2.75, 3.05) is 12.8 Å². The molecule has 0 saturated carbocycles. The number of thioether (sulfide) groups is 1. The lowest BCUT2D eigenvalue weighted by atomic mass is 10.1. The molecule has 0 aromatic heterocycles. The highest BCUT2D eigenvalue weighted by atomic mass is 32.2. The van der Waals surface area contributed by atoms with Crippen LogP contribution >= 0.6 is 11.8 Å². The Hall–Kier alpha value is -1.63. The number of carbonyl (C=O) groups excluding carboxylic acids is 1. The minimum Gasteiger partial charge on any atom is -0.351 e. The van der Waals surface area contributed by atoms with E-state index in [0.717, 1.165) is 12.1 Å². The molecule has 0 fully saturated rings. The number of aryl methyl sites for hydroxylation is 1. The predicted molar refractivity (Wildman–Crippen MR) is 73.1 cm³/mol. The van der Waals surface area contributed by atoms with Crippen LogP contribution in [0.2, 0.25) is 0 Å². The van der Waals surface area contributed by atoms with Crippen molar-refractivity contribution in [1.82, 2.24) is 5.32 Å². The molecular weight excluding hydrogens is 271 g/mol. The first-order chi connectivity index (χ1) is 8.86. The number of hydrogen-bond acceptors (Lipinski definition) is 4. The Morgan fingerprint density at radius 3 is 2.74 bits per heavy atom. The van der Waals surface area contributed by atoms with Crippen molar-refractivity contribution < 1.29 is 14.1 Å². The number of nitro benzene ring substituents is 1. The number of nitro groups is 1. The molecule has 0 heterocycles. The maximum absolute atomic E-state index is 13.8. The molecule has 19 heavy (non-hydrogen) atoms. The molecule has 1 N–H and O–H groups in total. The van der Waals surface area contributed by atoms with Gasteiger partial charge in [-0.25, -0.2) is 4.39 Å². The van der Waals surface area contributed by atoms with Crippen molar-refractivity contribution in [3.05, 3.63) is 39.2 Å². The molecule has 7 heteroatoms. The number of benzene rings is 1. The summed E-state index contributed by atoms with van der Waals surface area (Å²) in [4.78, 5) is 21.9. The lowest BCUT2D eigenvalue weighted by Gasteiger charge is -2.11. The highest BCUT2D eigenvalue weighted by Crippen LogP contribution is 2.21. The molecule has 1 aromatic rings. The number of hydrogen-bond donors (Lipinski definition) is 1. The fraction of sp³-hybridized carbons (Fsp3) is 0.417. The first kappa shape index (κ1) is 15.4. The highest BCUT2D eigenvalue weighted by molar-refractivity contribution is 7.99. The molecule has 1 unspecified atom stereocenters. The SMILES string of the molecule is CSC(C)CNC(=O)c1cc([N+](=O)[O-])cc(C)c1F. The second-order valence-corrected chi connectivity index (χ2v) is 5.41. The third kappa shape index (κ3) is 3.92. The first-order valence-electron chi connectivity index (χ1n) is 5.62. The summed E-state index contributed by atoms with van der Waals surface area (Å²) >= 11 is 1.56. The van der Waals surface area contributed by atoms with Crippen LogP contribution in [0.15, 0.2) is 12.1 Å². The number of rotatable bonds is 5. The molecule has 104 valence electrons. The number of carbonyl (C=O) groups is 1. The number of nitrogens with one attached hydrogen (secondary N) is 1. The monoisotopic (exact) mass is 286 g/mol. The summed E-state index contributed by atoms with van der Waals surface area (Å²) in [5, 5.41) is 13.4. The predicted octanol–water partition coefficient (Wildman–Crippen LogP) is 2.52. The lowest BCUT2D eigenvalue weighted by Crippen LogP contribution is -2.30. The van der Waals surface area contributed by atoms with Gasteiger partial charge in [0.15, 0.2) is 0 Å². The third-order valence-corrected chi connectivity index (χ3v) is 3.62. The van der Waals surface area contributed by atoms with Crippen LogP contribution < -0.4 is 5.32 Å². The number of amides is 1. The van der Waals surface area contributed by atoms with Gasteiger partial charge in [0.05, 0.1) is 10.5 Å². The van der Waals surface area contributed by atoms with Crippen LogP contribution in [0.1, 0.15) is 22.8 Å². The molecule has 1 amide bonds. The number of nitrogens with zero attached hydrogens (tertiary/aromatic N) is 1. The molecular formula is C12H15FN2O3S. The minimum atomic E-state index is -0.722. The van der Waals surface area contributed by atoms with Gasteiger partial charge in [-0.3, -0.25) is 14.9 Å². The van der Waals surface area contributed by atoms with E-state index in [1.165, 1.54) is 6.92 Å². The van der Waals surface area contributed by atoms with Gasteiger partial charge in [0.25, 0.3) is 11.6 Å². The van der Waals surface area contributed by atoms with Crippen molar-refractivity contribution in [2.45, 2.75) is 19.1 Å². The van der Waals surface area contributed by atoms with E-state index in [2.05, 4.69) is 5.32 Å². The molecule has 0 aliphatic carbocycles. The quantitative estimate of drug-likeness (QED) is 0.667. The van der Waals surface area contributed by atoms with Crippen LogP contribution in [0.3, 0.4) is 0 Å². The normalized spacial score (nSPS) is 12.0. The van der Waals surface area contributed by atoms with E-state index in [9.17, 15) is 19.3 Å². The maximum atomic E-state index is 13.8. The van der Waals surface area contributed by atoms with Gasteiger partial charge < -0.3 is 5.32 Å². The molecule has 0 saturated heterocycles. The van der Waals surface area contributed by atoms with Gasteiger partial charge in [-0.15, -0.1) is 0 Å². The summed E-state index contributed by atoms with van der Waals surface area (Å²) < 4.78 is 13.8. The summed E-state index contributed by atoms with van der Waals surface area (Å²) in [6.07, 6.45) is 1.90. The largest absolute Gasteiger partial charge is 0.351 e. The van der Waals surface area contributed by atoms with Crippen LogP contribution in [0.4, 0.5) is 10.1 Å². The summed E-state index contributed by atoms with van der Waals surface area (Å²) in [6.45, 7) is 3.69. The van der Waals surface area contributed by atoms with E-state index >= 15 is 0 Å². The van der Waals surface area contributed by atoms with E-state index < -0.39 is 16.6 Å². The average molecular weight is 286 g/mol. The van der Waals surface area contributed by atoms with E-state index in [1.54, 1.807) is 11.8 Å². The summed E-state index contributed by atoms with van der Waals surface area (Å²) in [6, 6.07) is 2.07. The number of halogens is 1. The Balaban J connectivity index is 2.98. The molecule has 1 atom stereocenters. The molecule has 0 bridgehead atoms. The first-order valence-corrected chi connectivity index (χ1v) is 6.91. The highest BCUT2D eigenvalue weighted by Gasteiger charge is 2.19. The van der Waals surface area contributed by atoms with Crippen molar-refractivity contribution in [1.29, 1.82) is 0 Å². The van der Waals surface area contributed by atoms with E-state index in [0.29, 0.717) is 6.54 Å². The van der Waals surface area contributed by atoms with E-state index in [4.69, 9.17) is 0 Å². The molecule has 0 radical (unpaired) electrons. The van der Waals surface area contributed by atoms with Gasteiger partial charge in [0, 0.05) is 23.9 Å². The molecule has 0 spiro atoms. The molecule has 5 nitrogen and oxygen atoms in total. The average Bonchev–Trinajstić information content (AvgIpc) is 2.38. The molecule has 1 rings (SSSR count). The standard InChI is InChI=1S/C12H15FN2O3S/c1-7-4-9(15(17)18)5-10(11(7)13)12(16)14-6-8(2)19-3/h4-5,8H,6H2,1-3H3,(H,14,16). The van der Waals surface area contributed by atoms with Crippen molar-refractivity contribution >= 4 is 23.4 Å². The lowest BCUT2D eigenvalue weighted by molar-refractivity contribution is -0.385. The Bertz CT molecular complexity index is 508. The zero-order valence-corrected chi connectivity index (χ0v) is 11.7. The Labute approximate surface area is 114 Å². The van der Waals surface area contributed by atoms with E-state index in [1.807, 2.05) is 13.2 Å². The molecule has 1 aromatic carbocycles. The zero-order valence-electron chi connectivity index (χ0n) is 10.9. The van der Waals surface area contributed by atoms with Gasteiger partial charge in [0.2, 0.25) is 0 Å². The summed E-state index contributed by atoms with van der Waals surface area (Å²) in [5.74, 6) is -1.36. The van der Waals surface area contributed by atoms with Gasteiger partial charge >= 0.3 is 0 Å². The van der Waals surface area contributed by atoms with Crippen LogP contribution in [0.5, 0.6) is 0 Å². The van der Waals surface area contributed by atoms with Crippen LogP contribution in [-0.4, -0.2) is 28.9 Å².